The van der Waals surface area contributed by atoms with Crippen molar-refractivity contribution in [1.29, 1.82) is 0 Å². The van der Waals surface area contributed by atoms with Gasteiger partial charge in [-0.3, -0.25) is 9.59 Å². The highest BCUT2D eigenvalue weighted by molar-refractivity contribution is 7.15. The van der Waals surface area contributed by atoms with E-state index in [1.165, 1.54) is 4.52 Å². The van der Waals surface area contributed by atoms with Gasteiger partial charge in [-0.25, -0.2) is 4.68 Å². The first kappa shape index (κ1) is 26.3. The standard InChI is InChI=1S/C32H27N5O3S/c1-3-4-17-40-25-15-16-26(21(2)18-25)28-23(20-36(34-28)24-13-9-6-10-14-24)19-27-31(39)37-32(41-27)33-30(38)29(35-37)22-11-7-5-8-12-22/h5-16,18-20H,3-4,17H2,1-2H3/b27-19-. The Labute approximate surface area is 239 Å². The van der Waals surface area contributed by atoms with Crippen molar-refractivity contribution < 1.29 is 4.74 Å². The van der Waals surface area contributed by atoms with Gasteiger partial charge in [0.1, 0.15) is 11.4 Å². The highest BCUT2D eigenvalue weighted by Gasteiger charge is 2.16. The van der Waals surface area contributed by atoms with Gasteiger partial charge in [0, 0.05) is 22.9 Å². The predicted molar refractivity (Wildman–Crippen MR) is 162 cm³/mol. The third-order valence-corrected chi connectivity index (χ3v) is 7.66. The lowest BCUT2D eigenvalue weighted by molar-refractivity contribution is 0.309. The summed E-state index contributed by atoms with van der Waals surface area (Å²) < 4.78 is 9.31. The second-order valence-corrected chi connectivity index (χ2v) is 10.6. The molecular weight excluding hydrogens is 534 g/mol. The molecule has 0 atom stereocenters. The van der Waals surface area contributed by atoms with Crippen LogP contribution in [-0.4, -0.2) is 31.0 Å². The lowest BCUT2D eigenvalue weighted by Crippen LogP contribution is -2.26. The SMILES string of the molecule is CCCCOc1ccc(-c2nn(-c3ccccc3)cc2/C=c2\sc3nc(=O)c(-c4ccccc4)nn3c2=O)c(C)c1. The zero-order valence-corrected chi connectivity index (χ0v) is 23.5. The van der Waals surface area contributed by atoms with Crippen LogP contribution in [0.3, 0.4) is 0 Å². The maximum absolute atomic E-state index is 13.5. The lowest BCUT2D eigenvalue weighted by Gasteiger charge is -2.09. The van der Waals surface area contributed by atoms with Crippen LogP contribution in [0, 0.1) is 6.92 Å². The quantitative estimate of drug-likeness (QED) is 0.241. The maximum Gasteiger partial charge on any atom is 0.300 e. The van der Waals surface area contributed by atoms with E-state index in [0.717, 1.165) is 58.0 Å². The molecule has 204 valence electrons. The Hall–Kier alpha value is -4.89. The largest absolute Gasteiger partial charge is 0.494 e. The third kappa shape index (κ3) is 5.31. The number of fused-ring (bicyclic) bond motifs is 1. The second-order valence-electron chi connectivity index (χ2n) is 9.63. The third-order valence-electron chi connectivity index (χ3n) is 6.70. The van der Waals surface area contributed by atoms with Crippen molar-refractivity contribution >= 4 is 22.4 Å². The average Bonchev–Trinajstić information content (AvgIpc) is 3.54. The van der Waals surface area contributed by atoms with E-state index in [2.05, 4.69) is 17.0 Å². The molecule has 3 aromatic heterocycles. The van der Waals surface area contributed by atoms with E-state index in [0.29, 0.717) is 16.7 Å². The Balaban J connectivity index is 1.49. The van der Waals surface area contributed by atoms with Gasteiger partial charge in [-0.1, -0.05) is 73.2 Å². The Morgan fingerprint density at radius 2 is 1.68 bits per heavy atom. The Kier molecular flexibility index (Phi) is 7.26. The Bertz CT molecular complexity index is 2010. The molecule has 6 aromatic rings. The molecule has 0 fully saturated rings. The fourth-order valence-electron chi connectivity index (χ4n) is 4.57. The molecule has 8 nitrogen and oxygen atoms in total. The number of benzene rings is 3. The number of para-hydroxylation sites is 1. The molecule has 0 amide bonds. The van der Waals surface area contributed by atoms with Crippen molar-refractivity contribution in [2.24, 2.45) is 0 Å². The van der Waals surface area contributed by atoms with Crippen molar-refractivity contribution in [2.45, 2.75) is 26.7 Å². The number of nitrogens with zero attached hydrogens (tertiary/aromatic N) is 5. The lowest BCUT2D eigenvalue weighted by atomic mass is 10.0. The predicted octanol–water partition coefficient (Wildman–Crippen LogP) is 5.07. The molecule has 0 saturated heterocycles. The first-order valence-corrected chi connectivity index (χ1v) is 14.2. The number of hydrogen-bond acceptors (Lipinski definition) is 7. The van der Waals surface area contributed by atoms with Gasteiger partial charge in [0.25, 0.3) is 5.56 Å². The molecule has 9 heteroatoms. The van der Waals surface area contributed by atoms with Crippen LogP contribution in [0.2, 0.25) is 0 Å². The number of thiazole rings is 1. The molecule has 0 aliphatic heterocycles. The number of hydrogen-bond donors (Lipinski definition) is 0. The number of unbranched alkanes of at least 4 members (excludes halogenated alkanes) is 1. The summed E-state index contributed by atoms with van der Waals surface area (Å²) in [6, 6.07) is 24.8. The van der Waals surface area contributed by atoms with Gasteiger partial charge >= 0.3 is 5.56 Å². The molecule has 0 aliphatic carbocycles. The number of rotatable bonds is 8. The first-order chi connectivity index (χ1) is 20.0. The van der Waals surface area contributed by atoms with Crippen LogP contribution in [0.25, 0.3) is 39.2 Å². The number of aryl methyl sites for hydroxylation is 1. The summed E-state index contributed by atoms with van der Waals surface area (Å²) in [5.74, 6) is 0.815. The van der Waals surface area contributed by atoms with E-state index < -0.39 is 5.56 Å². The van der Waals surface area contributed by atoms with E-state index in [1.807, 2.05) is 79.9 Å². The molecule has 3 aromatic carbocycles. The molecule has 0 N–H and O–H groups in total. The van der Waals surface area contributed by atoms with Crippen LogP contribution in [0.4, 0.5) is 0 Å². The minimum Gasteiger partial charge on any atom is -0.494 e. The summed E-state index contributed by atoms with van der Waals surface area (Å²) in [6.07, 6.45) is 5.76. The Morgan fingerprint density at radius 3 is 2.41 bits per heavy atom. The molecule has 0 aliphatic rings. The van der Waals surface area contributed by atoms with E-state index in [4.69, 9.17) is 9.84 Å². The molecule has 3 heterocycles. The van der Waals surface area contributed by atoms with Crippen molar-refractivity contribution in [2.75, 3.05) is 6.61 Å². The molecule has 0 spiro atoms. The summed E-state index contributed by atoms with van der Waals surface area (Å²) in [5.41, 5.74) is 4.24. The van der Waals surface area contributed by atoms with Gasteiger partial charge < -0.3 is 4.74 Å². The molecule has 0 saturated carbocycles. The van der Waals surface area contributed by atoms with Crippen LogP contribution in [0.5, 0.6) is 5.75 Å². The van der Waals surface area contributed by atoms with E-state index in [9.17, 15) is 9.59 Å². The normalized spacial score (nSPS) is 11.8. The summed E-state index contributed by atoms with van der Waals surface area (Å²) in [6.45, 7) is 4.83. The minimum absolute atomic E-state index is 0.138. The van der Waals surface area contributed by atoms with Gasteiger partial charge in [0.05, 0.1) is 16.8 Å². The van der Waals surface area contributed by atoms with Crippen molar-refractivity contribution in [3.63, 3.8) is 0 Å². The van der Waals surface area contributed by atoms with Crippen LogP contribution >= 0.6 is 11.3 Å². The smallest absolute Gasteiger partial charge is 0.300 e. The maximum atomic E-state index is 13.5. The molecular formula is C32H27N5O3S. The van der Waals surface area contributed by atoms with Crippen LogP contribution in [0.15, 0.2) is 94.6 Å². The van der Waals surface area contributed by atoms with E-state index in [-0.39, 0.29) is 16.2 Å². The summed E-state index contributed by atoms with van der Waals surface area (Å²) in [7, 11) is 0. The van der Waals surface area contributed by atoms with Gasteiger partial charge in [0.15, 0.2) is 5.69 Å². The van der Waals surface area contributed by atoms with E-state index >= 15 is 0 Å². The minimum atomic E-state index is -0.474. The monoisotopic (exact) mass is 561 g/mol. The van der Waals surface area contributed by atoms with Crippen molar-refractivity contribution in [1.82, 2.24) is 24.4 Å². The molecule has 41 heavy (non-hydrogen) atoms. The fourth-order valence-corrected chi connectivity index (χ4v) is 5.46. The van der Waals surface area contributed by atoms with Gasteiger partial charge in [0.2, 0.25) is 4.96 Å². The molecule has 0 unspecified atom stereocenters. The van der Waals surface area contributed by atoms with Gasteiger partial charge in [-0.05, 0) is 55.3 Å². The van der Waals surface area contributed by atoms with Crippen molar-refractivity contribution in [3.05, 3.63) is 121 Å². The van der Waals surface area contributed by atoms with Crippen LogP contribution < -0.4 is 20.4 Å². The number of aromatic nitrogens is 5. The molecule has 0 bridgehead atoms. The topological polar surface area (TPSA) is 91.4 Å². The fraction of sp³-hybridized carbons (Fsp3) is 0.156. The average molecular weight is 562 g/mol. The van der Waals surface area contributed by atoms with E-state index in [1.54, 1.807) is 22.9 Å². The van der Waals surface area contributed by atoms with Crippen LogP contribution in [0.1, 0.15) is 30.9 Å². The van der Waals surface area contributed by atoms with Crippen LogP contribution in [-0.2, 0) is 0 Å². The number of ether oxygens (including phenoxy) is 1. The summed E-state index contributed by atoms with van der Waals surface area (Å²) in [5, 5.41) is 9.30. The van der Waals surface area contributed by atoms with Gasteiger partial charge in [-0.2, -0.15) is 19.7 Å². The Morgan fingerprint density at radius 1 is 0.927 bits per heavy atom. The van der Waals surface area contributed by atoms with Gasteiger partial charge in [-0.15, -0.1) is 0 Å². The van der Waals surface area contributed by atoms with Crippen molar-refractivity contribution in [3.8, 4) is 34.0 Å². The summed E-state index contributed by atoms with van der Waals surface area (Å²) >= 11 is 1.13. The highest BCUT2D eigenvalue weighted by Crippen LogP contribution is 2.30. The highest BCUT2D eigenvalue weighted by atomic mass is 32.1. The molecule has 6 rings (SSSR count). The second kappa shape index (κ2) is 11.3. The zero-order valence-electron chi connectivity index (χ0n) is 22.7. The first-order valence-electron chi connectivity index (χ1n) is 13.4. The molecule has 0 radical (unpaired) electrons. The summed E-state index contributed by atoms with van der Waals surface area (Å²) in [4.78, 5) is 30.6. The zero-order chi connectivity index (χ0) is 28.3.